The van der Waals surface area contributed by atoms with Crippen LogP contribution in [-0.2, 0) is 0 Å². The maximum atomic E-state index is 5.86. The van der Waals surface area contributed by atoms with Gasteiger partial charge in [-0.15, -0.1) is 0 Å². The first-order valence-corrected chi connectivity index (χ1v) is 6.40. The van der Waals surface area contributed by atoms with Crippen molar-refractivity contribution in [2.24, 2.45) is 0 Å². The summed E-state index contributed by atoms with van der Waals surface area (Å²) in [6, 6.07) is 7.54. The third-order valence-electron chi connectivity index (χ3n) is 2.94. The van der Waals surface area contributed by atoms with Crippen molar-refractivity contribution in [3.05, 3.63) is 41.7 Å². The van der Waals surface area contributed by atoms with Gasteiger partial charge in [-0.2, -0.15) is 5.10 Å². The maximum absolute atomic E-state index is 5.86. The normalized spacial score (nSPS) is 19.1. The summed E-state index contributed by atoms with van der Waals surface area (Å²) in [5.41, 5.74) is 0.966. The van der Waals surface area contributed by atoms with E-state index in [1.165, 1.54) is 0 Å². The van der Waals surface area contributed by atoms with Crippen LogP contribution in [0, 0.1) is 0 Å². The van der Waals surface area contributed by atoms with Crippen LogP contribution in [0.25, 0.3) is 5.69 Å². The molecule has 2 heterocycles. The van der Waals surface area contributed by atoms with E-state index in [1.807, 2.05) is 30.5 Å². The van der Waals surface area contributed by atoms with Crippen LogP contribution in [0.15, 0.2) is 36.7 Å². The van der Waals surface area contributed by atoms with E-state index < -0.39 is 0 Å². The molecule has 94 valence electrons. The number of hydrogen-bond acceptors (Lipinski definition) is 3. The van der Waals surface area contributed by atoms with E-state index in [2.05, 4.69) is 10.4 Å². The lowest BCUT2D eigenvalue weighted by Gasteiger charge is -2.10. The Balaban J connectivity index is 1.74. The Labute approximate surface area is 111 Å². The minimum atomic E-state index is 0.118. The van der Waals surface area contributed by atoms with Crippen molar-refractivity contribution in [2.75, 3.05) is 6.54 Å². The van der Waals surface area contributed by atoms with Gasteiger partial charge in [0.25, 0.3) is 0 Å². The fraction of sp³-hybridized carbons (Fsp3) is 0.308. The average molecular weight is 264 g/mol. The molecule has 1 unspecified atom stereocenters. The van der Waals surface area contributed by atoms with E-state index in [0.717, 1.165) is 35.8 Å². The minimum Gasteiger partial charge on any atom is -0.472 e. The molecule has 1 aromatic heterocycles. The lowest BCUT2D eigenvalue weighted by molar-refractivity contribution is 0.187. The molecule has 2 aromatic rings. The van der Waals surface area contributed by atoms with Crippen LogP contribution in [0.3, 0.4) is 0 Å². The molecule has 0 bridgehead atoms. The molecular weight excluding hydrogens is 250 g/mol. The molecule has 0 spiro atoms. The number of benzene rings is 1. The molecule has 4 nitrogen and oxygen atoms in total. The predicted molar refractivity (Wildman–Crippen MR) is 70.2 cm³/mol. The van der Waals surface area contributed by atoms with Crippen LogP contribution in [0.4, 0.5) is 0 Å². The highest BCUT2D eigenvalue weighted by atomic mass is 35.5. The van der Waals surface area contributed by atoms with Gasteiger partial charge in [0.15, 0.2) is 5.75 Å². The van der Waals surface area contributed by atoms with Gasteiger partial charge in [0.2, 0.25) is 0 Å². The molecule has 3 rings (SSSR count). The van der Waals surface area contributed by atoms with Crippen molar-refractivity contribution >= 4 is 11.6 Å². The first-order valence-electron chi connectivity index (χ1n) is 6.02. The highest BCUT2D eigenvalue weighted by molar-refractivity contribution is 6.30. The van der Waals surface area contributed by atoms with Crippen molar-refractivity contribution < 1.29 is 4.74 Å². The fourth-order valence-electron chi connectivity index (χ4n) is 2.02. The zero-order valence-corrected chi connectivity index (χ0v) is 10.6. The summed E-state index contributed by atoms with van der Waals surface area (Å²) in [6.45, 7) is 1.02. The van der Waals surface area contributed by atoms with Gasteiger partial charge in [0, 0.05) is 5.02 Å². The van der Waals surface area contributed by atoms with Gasteiger partial charge in [-0.25, -0.2) is 4.68 Å². The second-order valence-corrected chi connectivity index (χ2v) is 4.74. The zero-order valence-electron chi connectivity index (χ0n) is 9.84. The van der Waals surface area contributed by atoms with Crippen molar-refractivity contribution in [1.29, 1.82) is 0 Å². The smallest absolute Gasteiger partial charge is 0.160 e. The highest BCUT2D eigenvalue weighted by Crippen LogP contribution is 2.18. The molecule has 0 amide bonds. The van der Waals surface area contributed by atoms with E-state index >= 15 is 0 Å². The molecule has 1 N–H and O–H groups in total. The summed E-state index contributed by atoms with van der Waals surface area (Å²) in [4.78, 5) is 0. The summed E-state index contributed by atoms with van der Waals surface area (Å²) in [6.07, 6.45) is 5.94. The molecule has 1 atom stereocenters. The van der Waals surface area contributed by atoms with Gasteiger partial charge in [0.1, 0.15) is 6.23 Å². The van der Waals surface area contributed by atoms with E-state index in [-0.39, 0.29) is 6.23 Å². The van der Waals surface area contributed by atoms with Gasteiger partial charge in [-0.1, -0.05) is 11.6 Å². The van der Waals surface area contributed by atoms with Gasteiger partial charge in [-0.3, -0.25) is 5.32 Å². The van der Waals surface area contributed by atoms with Crippen LogP contribution in [0.5, 0.6) is 5.75 Å². The molecule has 18 heavy (non-hydrogen) atoms. The third kappa shape index (κ3) is 2.49. The van der Waals surface area contributed by atoms with Crippen LogP contribution >= 0.6 is 11.6 Å². The molecule has 1 aliphatic heterocycles. The Bertz CT molecular complexity index is 517. The summed E-state index contributed by atoms with van der Waals surface area (Å²) >= 11 is 5.86. The SMILES string of the molecule is Clc1ccc(-n2cc(OC3CCCN3)cn2)cc1. The van der Waals surface area contributed by atoms with Gasteiger partial charge in [0.05, 0.1) is 18.1 Å². The quantitative estimate of drug-likeness (QED) is 0.925. The first kappa shape index (κ1) is 11.6. The van der Waals surface area contributed by atoms with Crippen LogP contribution in [0.2, 0.25) is 5.02 Å². The van der Waals surface area contributed by atoms with Crippen molar-refractivity contribution in [3.8, 4) is 11.4 Å². The molecule has 1 fully saturated rings. The number of nitrogens with zero attached hydrogens (tertiary/aromatic N) is 2. The number of nitrogens with one attached hydrogen (secondary N) is 1. The summed E-state index contributed by atoms with van der Waals surface area (Å²) in [7, 11) is 0. The topological polar surface area (TPSA) is 39.1 Å². The Hall–Kier alpha value is -1.52. The minimum absolute atomic E-state index is 0.118. The van der Waals surface area contributed by atoms with Crippen molar-refractivity contribution in [3.63, 3.8) is 0 Å². The number of aromatic nitrogens is 2. The van der Waals surface area contributed by atoms with E-state index in [1.54, 1.807) is 10.9 Å². The monoisotopic (exact) mass is 263 g/mol. The molecule has 0 radical (unpaired) electrons. The standard InChI is InChI=1S/C13H14ClN3O/c14-10-3-5-11(6-4-10)17-9-12(8-16-17)18-13-2-1-7-15-13/h3-6,8-9,13,15H,1-2,7H2. The lowest BCUT2D eigenvalue weighted by Crippen LogP contribution is -2.27. The second-order valence-electron chi connectivity index (χ2n) is 4.30. The average Bonchev–Trinajstić information content (AvgIpc) is 3.02. The molecule has 1 aromatic carbocycles. The number of halogens is 1. The summed E-state index contributed by atoms with van der Waals surface area (Å²) in [5.74, 6) is 0.782. The molecular formula is C13H14ClN3O. The molecule has 1 aliphatic rings. The van der Waals surface area contributed by atoms with E-state index in [4.69, 9.17) is 16.3 Å². The Morgan fingerprint density at radius 1 is 1.33 bits per heavy atom. The third-order valence-corrected chi connectivity index (χ3v) is 3.20. The predicted octanol–water partition coefficient (Wildman–Crippen LogP) is 2.61. The second kappa shape index (κ2) is 5.00. The van der Waals surface area contributed by atoms with Gasteiger partial charge >= 0.3 is 0 Å². The Morgan fingerprint density at radius 2 is 2.17 bits per heavy atom. The Kier molecular flexibility index (Phi) is 3.21. The van der Waals surface area contributed by atoms with Crippen LogP contribution in [0.1, 0.15) is 12.8 Å². The summed E-state index contributed by atoms with van der Waals surface area (Å²) in [5, 5.41) is 8.28. The molecule has 0 aliphatic carbocycles. The lowest BCUT2D eigenvalue weighted by atomic mass is 10.3. The van der Waals surface area contributed by atoms with E-state index in [9.17, 15) is 0 Å². The Morgan fingerprint density at radius 3 is 2.89 bits per heavy atom. The van der Waals surface area contributed by atoms with Gasteiger partial charge in [-0.05, 0) is 43.7 Å². The van der Waals surface area contributed by atoms with Crippen molar-refractivity contribution in [2.45, 2.75) is 19.1 Å². The summed E-state index contributed by atoms with van der Waals surface area (Å²) < 4.78 is 7.56. The highest BCUT2D eigenvalue weighted by Gasteiger charge is 2.16. The number of hydrogen-bond donors (Lipinski definition) is 1. The molecule has 5 heteroatoms. The zero-order chi connectivity index (χ0) is 12.4. The van der Waals surface area contributed by atoms with Gasteiger partial charge < -0.3 is 4.74 Å². The maximum Gasteiger partial charge on any atom is 0.160 e. The van der Waals surface area contributed by atoms with Crippen molar-refractivity contribution in [1.82, 2.24) is 15.1 Å². The largest absolute Gasteiger partial charge is 0.472 e. The fourth-order valence-corrected chi connectivity index (χ4v) is 2.15. The van der Waals surface area contributed by atoms with Crippen LogP contribution in [-0.4, -0.2) is 22.6 Å². The number of ether oxygens (including phenoxy) is 1. The molecule has 0 saturated carbocycles. The van der Waals surface area contributed by atoms with E-state index in [0.29, 0.717) is 0 Å². The first-order chi connectivity index (χ1) is 8.81. The molecule has 1 saturated heterocycles. The van der Waals surface area contributed by atoms with Crippen LogP contribution < -0.4 is 10.1 Å². The number of rotatable bonds is 3.